The number of nitrogens with zero attached hydrogens (tertiary/aromatic N) is 1. The Morgan fingerprint density at radius 3 is 2.33 bits per heavy atom. The van der Waals surface area contributed by atoms with E-state index in [2.05, 4.69) is 38.5 Å². The Hall–Kier alpha value is -2.60. The summed E-state index contributed by atoms with van der Waals surface area (Å²) in [6.45, 7) is 4.95. The minimum Gasteiger partial charge on any atom is -0.480 e. The van der Waals surface area contributed by atoms with Gasteiger partial charge in [0.2, 0.25) is 17.7 Å². The highest BCUT2D eigenvalue weighted by atomic mass is 32.1. The Morgan fingerprint density at radius 2 is 1.83 bits per heavy atom. The first-order chi connectivity index (χ1) is 14.1. The topological polar surface area (TPSA) is 179 Å². The van der Waals surface area contributed by atoms with E-state index < -0.39 is 47.9 Å². The normalized spacial score (nSPS) is 15.9. The van der Waals surface area contributed by atoms with Gasteiger partial charge in [0.1, 0.15) is 18.1 Å². The van der Waals surface area contributed by atoms with Gasteiger partial charge in [0, 0.05) is 24.1 Å². The lowest BCUT2D eigenvalue weighted by molar-refractivity contribution is -0.141. The summed E-state index contributed by atoms with van der Waals surface area (Å²) in [7, 11) is 0. The molecule has 0 aliphatic rings. The summed E-state index contributed by atoms with van der Waals surface area (Å²) in [5, 5.41) is 16.4. The number of hydrogen-bond donors (Lipinski definition) is 7. The van der Waals surface area contributed by atoms with Crippen molar-refractivity contribution in [2.24, 2.45) is 11.7 Å². The molecule has 11 nitrogen and oxygen atoms in total. The van der Waals surface area contributed by atoms with Gasteiger partial charge in [0.25, 0.3) is 0 Å². The Labute approximate surface area is 180 Å². The van der Waals surface area contributed by atoms with E-state index in [9.17, 15) is 19.2 Å². The van der Waals surface area contributed by atoms with E-state index in [1.807, 2.05) is 6.92 Å². The Balaban J connectivity index is 2.80. The van der Waals surface area contributed by atoms with Gasteiger partial charge < -0.3 is 31.8 Å². The Bertz CT molecular complexity index is 729. The van der Waals surface area contributed by atoms with Crippen LogP contribution >= 0.6 is 12.6 Å². The SMILES string of the molecule is CCC(C)C(NC(=O)C(N)Cc1cnc[nH]1)C(=O)NC(CS)C(=O)NC(C)C(=O)O. The minimum absolute atomic E-state index is 0.0512. The van der Waals surface area contributed by atoms with E-state index in [4.69, 9.17) is 10.8 Å². The highest BCUT2D eigenvalue weighted by molar-refractivity contribution is 7.80. The van der Waals surface area contributed by atoms with Crippen molar-refractivity contribution < 1.29 is 24.3 Å². The van der Waals surface area contributed by atoms with Crippen molar-refractivity contribution in [2.75, 3.05) is 5.75 Å². The van der Waals surface area contributed by atoms with Gasteiger partial charge in [-0.25, -0.2) is 4.98 Å². The van der Waals surface area contributed by atoms with E-state index in [1.165, 1.54) is 13.3 Å². The van der Waals surface area contributed by atoms with Crippen LogP contribution in [0.25, 0.3) is 0 Å². The van der Waals surface area contributed by atoms with Gasteiger partial charge in [-0.3, -0.25) is 19.2 Å². The summed E-state index contributed by atoms with van der Waals surface area (Å²) < 4.78 is 0. The van der Waals surface area contributed by atoms with Crippen LogP contribution in [-0.2, 0) is 25.6 Å². The van der Waals surface area contributed by atoms with Gasteiger partial charge in [-0.1, -0.05) is 20.3 Å². The van der Waals surface area contributed by atoms with Crippen LogP contribution in [0, 0.1) is 5.92 Å². The second-order valence-electron chi connectivity index (χ2n) is 7.07. The van der Waals surface area contributed by atoms with Crippen molar-refractivity contribution in [3.63, 3.8) is 0 Å². The molecule has 12 heteroatoms. The molecule has 0 saturated carbocycles. The molecule has 0 aliphatic carbocycles. The average Bonchev–Trinajstić information content (AvgIpc) is 3.21. The second kappa shape index (κ2) is 12.2. The molecule has 30 heavy (non-hydrogen) atoms. The Morgan fingerprint density at radius 1 is 1.17 bits per heavy atom. The zero-order valence-electron chi connectivity index (χ0n) is 17.2. The molecular formula is C18H30N6O5S. The van der Waals surface area contributed by atoms with Crippen LogP contribution in [0.15, 0.2) is 12.5 Å². The zero-order chi connectivity index (χ0) is 22.8. The number of nitrogens with two attached hydrogens (primary N) is 1. The number of hydrogen-bond acceptors (Lipinski definition) is 7. The molecule has 5 atom stereocenters. The highest BCUT2D eigenvalue weighted by Crippen LogP contribution is 2.09. The maximum Gasteiger partial charge on any atom is 0.325 e. The maximum absolute atomic E-state index is 12.8. The fraction of sp³-hybridized carbons (Fsp3) is 0.611. The fourth-order valence-corrected chi connectivity index (χ4v) is 2.78. The molecule has 168 valence electrons. The van der Waals surface area contributed by atoms with E-state index >= 15 is 0 Å². The van der Waals surface area contributed by atoms with Crippen LogP contribution in [-0.4, -0.2) is 68.7 Å². The summed E-state index contributed by atoms with van der Waals surface area (Å²) in [5.41, 5.74) is 6.62. The number of nitrogens with one attached hydrogen (secondary N) is 4. The van der Waals surface area contributed by atoms with Gasteiger partial charge in [-0.15, -0.1) is 0 Å². The smallest absolute Gasteiger partial charge is 0.325 e. The molecule has 0 saturated heterocycles. The molecule has 7 N–H and O–H groups in total. The molecule has 1 heterocycles. The number of carboxylic acids is 1. The zero-order valence-corrected chi connectivity index (χ0v) is 18.1. The summed E-state index contributed by atoms with van der Waals surface area (Å²) in [4.78, 5) is 55.2. The number of aromatic amines is 1. The molecule has 0 spiro atoms. The summed E-state index contributed by atoms with van der Waals surface area (Å²) in [5.74, 6) is -3.28. The van der Waals surface area contributed by atoms with Crippen LogP contribution in [0.4, 0.5) is 0 Å². The number of H-pyrrole nitrogens is 1. The summed E-state index contributed by atoms with van der Waals surface area (Å²) in [6.07, 6.45) is 3.83. The lowest BCUT2D eigenvalue weighted by atomic mass is 9.97. The molecule has 0 aromatic carbocycles. The quantitative estimate of drug-likeness (QED) is 0.199. The lowest BCUT2D eigenvalue weighted by Gasteiger charge is -2.27. The van der Waals surface area contributed by atoms with Crippen molar-refractivity contribution in [3.05, 3.63) is 18.2 Å². The van der Waals surface area contributed by atoms with E-state index in [0.717, 1.165) is 0 Å². The molecule has 0 aliphatic heterocycles. The van der Waals surface area contributed by atoms with Crippen molar-refractivity contribution in [3.8, 4) is 0 Å². The van der Waals surface area contributed by atoms with E-state index in [0.29, 0.717) is 12.1 Å². The van der Waals surface area contributed by atoms with Gasteiger partial charge in [0.15, 0.2) is 0 Å². The summed E-state index contributed by atoms with van der Waals surface area (Å²) >= 11 is 4.06. The lowest BCUT2D eigenvalue weighted by Crippen LogP contribution is -2.59. The van der Waals surface area contributed by atoms with Gasteiger partial charge in [-0.2, -0.15) is 12.6 Å². The second-order valence-corrected chi connectivity index (χ2v) is 7.44. The van der Waals surface area contributed by atoms with Crippen LogP contribution in [0.1, 0.15) is 32.9 Å². The first-order valence-electron chi connectivity index (χ1n) is 9.58. The third-order valence-corrected chi connectivity index (χ3v) is 5.03. The third kappa shape index (κ3) is 7.67. The van der Waals surface area contributed by atoms with Gasteiger partial charge in [0.05, 0.1) is 12.4 Å². The summed E-state index contributed by atoms with van der Waals surface area (Å²) in [6, 6.07) is -4.01. The molecule has 1 rings (SSSR count). The standard InChI is InChI=1S/C18H30N6O5S/c1-4-9(2)14(24-15(25)12(19)5-11-6-20-8-21-11)17(27)23-13(7-30)16(26)22-10(3)18(28)29/h6,8-10,12-14,30H,4-5,7,19H2,1-3H3,(H,20,21)(H,22,26)(H,23,27)(H,24,25)(H,28,29). The molecule has 0 radical (unpaired) electrons. The molecule has 1 aromatic heterocycles. The van der Waals surface area contributed by atoms with Crippen molar-refractivity contribution in [2.45, 2.75) is 57.8 Å². The molecular weight excluding hydrogens is 412 g/mol. The van der Waals surface area contributed by atoms with Crippen molar-refractivity contribution >= 4 is 36.3 Å². The van der Waals surface area contributed by atoms with E-state index in [1.54, 1.807) is 13.1 Å². The fourth-order valence-electron chi connectivity index (χ4n) is 2.52. The number of aromatic nitrogens is 2. The van der Waals surface area contributed by atoms with Crippen LogP contribution in [0.5, 0.6) is 0 Å². The number of aliphatic carboxylic acids is 1. The highest BCUT2D eigenvalue weighted by Gasteiger charge is 2.31. The number of carbonyl (C=O) groups excluding carboxylic acids is 3. The number of rotatable bonds is 12. The number of amides is 3. The molecule has 0 fully saturated rings. The van der Waals surface area contributed by atoms with Crippen LogP contribution in [0.3, 0.4) is 0 Å². The minimum atomic E-state index is -1.21. The molecule has 3 amide bonds. The largest absolute Gasteiger partial charge is 0.480 e. The van der Waals surface area contributed by atoms with Gasteiger partial charge >= 0.3 is 5.97 Å². The van der Waals surface area contributed by atoms with Crippen molar-refractivity contribution in [1.82, 2.24) is 25.9 Å². The third-order valence-electron chi connectivity index (χ3n) is 4.67. The maximum atomic E-state index is 12.8. The first kappa shape index (κ1) is 25.4. The predicted molar refractivity (Wildman–Crippen MR) is 113 cm³/mol. The van der Waals surface area contributed by atoms with E-state index in [-0.39, 0.29) is 18.1 Å². The molecule has 1 aromatic rings. The number of carbonyl (C=O) groups is 4. The average molecular weight is 443 g/mol. The molecule has 0 bridgehead atoms. The predicted octanol–water partition coefficient (Wildman–Crippen LogP) is -1.19. The van der Waals surface area contributed by atoms with Crippen LogP contribution < -0.4 is 21.7 Å². The number of carboxylic acid groups (broad SMARTS) is 1. The first-order valence-corrected chi connectivity index (χ1v) is 10.2. The number of imidazole rings is 1. The van der Waals surface area contributed by atoms with Crippen LogP contribution in [0.2, 0.25) is 0 Å². The van der Waals surface area contributed by atoms with Gasteiger partial charge in [-0.05, 0) is 12.8 Å². The molecule has 5 unspecified atom stereocenters. The Kier molecular flexibility index (Phi) is 10.3. The monoisotopic (exact) mass is 442 g/mol. The van der Waals surface area contributed by atoms with Crippen molar-refractivity contribution in [1.29, 1.82) is 0 Å². The number of thiol groups is 1.